The summed E-state index contributed by atoms with van der Waals surface area (Å²) in [7, 11) is 0. The first kappa shape index (κ1) is 20.2. The van der Waals surface area contributed by atoms with Crippen molar-refractivity contribution < 1.29 is 17.6 Å². The maximum absolute atomic E-state index is 13.7. The van der Waals surface area contributed by atoms with Gasteiger partial charge in [0.1, 0.15) is 5.82 Å². The molecule has 0 spiro atoms. The van der Waals surface area contributed by atoms with Crippen LogP contribution in [0.25, 0.3) is 0 Å². The van der Waals surface area contributed by atoms with Crippen molar-refractivity contribution in [3.63, 3.8) is 0 Å². The zero-order valence-electron chi connectivity index (χ0n) is 16.8. The minimum Gasteiger partial charge on any atom is -0.369 e. The van der Waals surface area contributed by atoms with E-state index >= 15 is 0 Å². The maximum Gasteiger partial charge on any atom is 0.419 e. The molecule has 2 aliphatic heterocycles. The van der Waals surface area contributed by atoms with Crippen molar-refractivity contribution in [2.24, 2.45) is 0 Å². The van der Waals surface area contributed by atoms with Gasteiger partial charge >= 0.3 is 6.18 Å². The van der Waals surface area contributed by atoms with Gasteiger partial charge in [-0.05, 0) is 68.0 Å². The summed E-state index contributed by atoms with van der Waals surface area (Å²) in [5, 5.41) is 0. The standard InChI is InChI=1S/C23H26F4N2/c1-15-6-7-17(12-16(15)2)22-5-3-4-19-14-28(10-11-29(19)22)18-8-9-21(24)20(13-18)23(25,26)27/h6-9,12-13,19,22H,3-5,10-11,14H2,1-2H3. The molecule has 2 heterocycles. The van der Waals surface area contributed by atoms with Crippen molar-refractivity contribution in [2.75, 3.05) is 24.5 Å². The normalized spacial score (nSPS) is 23.2. The zero-order chi connectivity index (χ0) is 20.8. The average molecular weight is 406 g/mol. The number of nitrogens with zero attached hydrogens (tertiary/aromatic N) is 2. The van der Waals surface area contributed by atoms with Crippen LogP contribution in [0.5, 0.6) is 0 Å². The van der Waals surface area contributed by atoms with E-state index in [4.69, 9.17) is 0 Å². The lowest BCUT2D eigenvalue weighted by Crippen LogP contribution is -2.55. The molecule has 0 radical (unpaired) electrons. The van der Waals surface area contributed by atoms with Crippen LogP contribution in [0.3, 0.4) is 0 Å². The molecule has 6 heteroatoms. The number of piperidine rings is 1. The Morgan fingerprint density at radius 1 is 0.931 bits per heavy atom. The van der Waals surface area contributed by atoms with Crippen molar-refractivity contribution in [3.05, 3.63) is 64.5 Å². The molecule has 0 saturated carbocycles. The van der Waals surface area contributed by atoms with Crippen LogP contribution >= 0.6 is 0 Å². The lowest BCUT2D eigenvalue weighted by atomic mass is 9.88. The van der Waals surface area contributed by atoms with Gasteiger partial charge in [0.2, 0.25) is 0 Å². The number of alkyl halides is 3. The van der Waals surface area contributed by atoms with Crippen LogP contribution in [0.2, 0.25) is 0 Å². The Bertz CT molecular complexity index is 893. The molecule has 2 aromatic carbocycles. The van der Waals surface area contributed by atoms with Crippen molar-refractivity contribution in [1.82, 2.24) is 4.90 Å². The van der Waals surface area contributed by atoms with E-state index in [1.807, 2.05) is 4.90 Å². The number of piperazine rings is 1. The number of rotatable bonds is 2. The Kier molecular flexibility index (Phi) is 5.32. The fraction of sp³-hybridized carbons (Fsp3) is 0.478. The molecule has 2 atom stereocenters. The van der Waals surface area contributed by atoms with Crippen LogP contribution in [0, 0.1) is 19.7 Å². The lowest BCUT2D eigenvalue weighted by molar-refractivity contribution is -0.139. The first-order valence-electron chi connectivity index (χ1n) is 10.2. The van der Waals surface area contributed by atoms with Crippen LogP contribution in [-0.4, -0.2) is 30.6 Å². The molecule has 0 bridgehead atoms. The third kappa shape index (κ3) is 4.00. The van der Waals surface area contributed by atoms with E-state index in [0.29, 0.717) is 30.9 Å². The molecule has 156 valence electrons. The number of halogens is 4. The number of fused-ring (bicyclic) bond motifs is 1. The van der Waals surface area contributed by atoms with Crippen molar-refractivity contribution in [3.8, 4) is 0 Å². The molecule has 2 fully saturated rings. The van der Waals surface area contributed by atoms with E-state index in [1.165, 1.54) is 22.8 Å². The van der Waals surface area contributed by atoms with E-state index in [9.17, 15) is 17.6 Å². The highest BCUT2D eigenvalue weighted by Crippen LogP contribution is 2.39. The summed E-state index contributed by atoms with van der Waals surface area (Å²) in [5.74, 6) is -1.22. The van der Waals surface area contributed by atoms with E-state index in [-0.39, 0.29) is 0 Å². The fourth-order valence-electron chi connectivity index (χ4n) is 4.74. The predicted molar refractivity (Wildman–Crippen MR) is 107 cm³/mol. The third-order valence-electron chi connectivity index (χ3n) is 6.48. The number of aryl methyl sites for hydroxylation is 2. The molecule has 0 aromatic heterocycles. The summed E-state index contributed by atoms with van der Waals surface area (Å²) in [6, 6.07) is 10.6. The van der Waals surface area contributed by atoms with Gasteiger partial charge in [0.05, 0.1) is 5.56 Å². The molecule has 4 rings (SSSR count). The van der Waals surface area contributed by atoms with Crippen LogP contribution < -0.4 is 4.90 Å². The molecule has 2 aromatic rings. The lowest BCUT2D eigenvalue weighted by Gasteiger charge is -2.49. The van der Waals surface area contributed by atoms with Crippen LogP contribution in [0.4, 0.5) is 23.2 Å². The topological polar surface area (TPSA) is 6.48 Å². The van der Waals surface area contributed by atoms with Gasteiger partial charge in [-0.2, -0.15) is 13.2 Å². The van der Waals surface area contributed by atoms with E-state index < -0.39 is 17.6 Å². The third-order valence-corrected chi connectivity index (χ3v) is 6.48. The van der Waals surface area contributed by atoms with E-state index in [0.717, 1.165) is 37.9 Å². The molecule has 2 saturated heterocycles. The molecule has 29 heavy (non-hydrogen) atoms. The SMILES string of the molecule is Cc1ccc(C2CCCC3CN(c4ccc(F)c(C(F)(F)F)c4)CCN32)cc1C. The Morgan fingerprint density at radius 2 is 1.72 bits per heavy atom. The second-order valence-electron chi connectivity index (χ2n) is 8.29. The van der Waals surface area contributed by atoms with Crippen LogP contribution in [-0.2, 0) is 6.18 Å². The fourth-order valence-corrected chi connectivity index (χ4v) is 4.74. The van der Waals surface area contributed by atoms with Crippen molar-refractivity contribution in [1.29, 1.82) is 0 Å². The zero-order valence-corrected chi connectivity index (χ0v) is 16.8. The molecular formula is C23H26F4N2. The van der Waals surface area contributed by atoms with E-state index in [1.54, 1.807) is 0 Å². The molecule has 2 nitrogen and oxygen atoms in total. The van der Waals surface area contributed by atoms with Gasteiger partial charge in [-0.15, -0.1) is 0 Å². The predicted octanol–water partition coefficient (Wildman–Crippen LogP) is 5.88. The summed E-state index contributed by atoms with van der Waals surface area (Å²) in [4.78, 5) is 4.48. The summed E-state index contributed by atoms with van der Waals surface area (Å²) in [6.45, 7) is 6.34. The molecule has 2 aliphatic rings. The van der Waals surface area contributed by atoms with Crippen LogP contribution in [0.1, 0.15) is 47.6 Å². The highest BCUT2D eigenvalue weighted by Gasteiger charge is 2.38. The Morgan fingerprint density at radius 3 is 2.45 bits per heavy atom. The summed E-state index contributed by atoms with van der Waals surface area (Å²) < 4.78 is 52.9. The van der Waals surface area contributed by atoms with Gasteiger partial charge in [0, 0.05) is 37.4 Å². The summed E-state index contributed by atoms with van der Waals surface area (Å²) in [6.07, 6.45) is -1.44. The summed E-state index contributed by atoms with van der Waals surface area (Å²) >= 11 is 0. The molecular weight excluding hydrogens is 380 g/mol. The number of hydrogen-bond acceptors (Lipinski definition) is 2. The minimum atomic E-state index is -4.68. The average Bonchev–Trinajstić information content (AvgIpc) is 2.68. The number of benzene rings is 2. The molecule has 2 unspecified atom stereocenters. The van der Waals surface area contributed by atoms with Crippen molar-refractivity contribution in [2.45, 2.75) is 51.4 Å². The number of anilines is 1. The van der Waals surface area contributed by atoms with E-state index in [2.05, 4.69) is 36.9 Å². The van der Waals surface area contributed by atoms with Gasteiger partial charge in [-0.1, -0.05) is 18.2 Å². The largest absolute Gasteiger partial charge is 0.419 e. The highest BCUT2D eigenvalue weighted by atomic mass is 19.4. The molecule has 0 aliphatic carbocycles. The Labute approximate surface area is 169 Å². The monoisotopic (exact) mass is 406 g/mol. The van der Waals surface area contributed by atoms with Gasteiger partial charge in [0.15, 0.2) is 0 Å². The molecule has 0 N–H and O–H groups in total. The van der Waals surface area contributed by atoms with Gasteiger partial charge in [0.25, 0.3) is 0 Å². The molecule has 0 amide bonds. The smallest absolute Gasteiger partial charge is 0.369 e. The quantitative estimate of drug-likeness (QED) is 0.575. The van der Waals surface area contributed by atoms with Gasteiger partial charge in [-0.3, -0.25) is 4.90 Å². The van der Waals surface area contributed by atoms with Crippen LogP contribution in [0.15, 0.2) is 36.4 Å². The second kappa shape index (κ2) is 7.63. The highest BCUT2D eigenvalue weighted by molar-refractivity contribution is 5.50. The Hall–Kier alpha value is -2.08. The first-order chi connectivity index (χ1) is 13.7. The summed E-state index contributed by atoms with van der Waals surface area (Å²) in [5.41, 5.74) is 3.16. The number of hydrogen-bond donors (Lipinski definition) is 0. The Balaban J connectivity index is 1.54. The maximum atomic E-state index is 13.7. The van der Waals surface area contributed by atoms with Crippen molar-refractivity contribution >= 4 is 5.69 Å². The first-order valence-corrected chi connectivity index (χ1v) is 10.2. The van der Waals surface area contributed by atoms with Gasteiger partial charge < -0.3 is 4.90 Å². The minimum absolute atomic E-state index is 0.295. The van der Waals surface area contributed by atoms with Gasteiger partial charge in [-0.25, -0.2) is 4.39 Å². The second-order valence-corrected chi connectivity index (χ2v) is 8.29.